The first-order valence-electron chi connectivity index (χ1n) is 8.87. The lowest BCUT2D eigenvalue weighted by atomic mass is 9.97. The van der Waals surface area contributed by atoms with E-state index < -0.39 is 0 Å². The van der Waals surface area contributed by atoms with Crippen molar-refractivity contribution in [2.75, 3.05) is 13.1 Å². The third-order valence-electron chi connectivity index (χ3n) is 4.99. The van der Waals surface area contributed by atoms with Crippen LogP contribution in [-0.2, 0) is 17.9 Å². The van der Waals surface area contributed by atoms with Crippen LogP contribution in [-0.4, -0.2) is 36.2 Å². The fourth-order valence-electron chi connectivity index (χ4n) is 3.76. The monoisotopic (exact) mass is 302 g/mol. The van der Waals surface area contributed by atoms with Gasteiger partial charge in [0.2, 0.25) is 0 Å². The van der Waals surface area contributed by atoms with E-state index in [9.17, 15) is 0 Å². The highest BCUT2D eigenvalue weighted by Gasteiger charge is 2.31. The Balaban J connectivity index is 1.47. The molecular weight excluding hydrogens is 272 g/mol. The third kappa shape index (κ3) is 4.31. The van der Waals surface area contributed by atoms with Crippen LogP contribution in [0, 0.1) is 0 Å². The summed E-state index contributed by atoms with van der Waals surface area (Å²) < 4.78 is 5.70. The van der Waals surface area contributed by atoms with E-state index in [0.717, 1.165) is 12.6 Å². The Morgan fingerprint density at radius 3 is 2.95 bits per heavy atom. The zero-order valence-corrected chi connectivity index (χ0v) is 14.1. The molecule has 122 valence electrons. The van der Waals surface area contributed by atoms with Gasteiger partial charge in [-0.2, -0.15) is 0 Å². The minimum atomic E-state index is 0.290. The minimum Gasteiger partial charge on any atom is -0.374 e. The van der Waals surface area contributed by atoms with E-state index in [2.05, 4.69) is 48.3 Å². The summed E-state index contributed by atoms with van der Waals surface area (Å²) in [5.41, 5.74) is 2.65. The maximum atomic E-state index is 5.70. The minimum absolute atomic E-state index is 0.290. The molecule has 0 bridgehead atoms. The number of hydrogen-bond donors (Lipinski definition) is 1. The molecule has 2 saturated heterocycles. The van der Waals surface area contributed by atoms with Gasteiger partial charge in [-0.05, 0) is 63.7 Å². The first-order valence-corrected chi connectivity index (χ1v) is 8.87. The molecule has 0 aromatic heterocycles. The fourth-order valence-corrected chi connectivity index (χ4v) is 3.76. The van der Waals surface area contributed by atoms with Crippen molar-refractivity contribution in [3.8, 4) is 0 Å². The van der Waals surface area contributed by atoms with Gasteiger partial charge >= 0.3 is 0 Å². The van der Waals surface area contributed by atoms with Gasteiger partial charge in [0.15, 0.2) is 0 Å². The number of piperidine rings is 1. The Morgan fingerprint density at radius 2 is 2.09 bits per heavy atom. The van der Waals surface area contributed by atoms with Crippen molar-refractivity contribution in [3.05, 3.63) is 35.4 Å². The van der Waals surface area contributed by atoms with Crippen molar-refractivity contribution >= 4 is 0 Å². The average molecular weight is 302 g/mol. The summed E-state index contributed by atoms with van der Waals surface area (Å²) in [6.07, 6.45) is 5.72. The molecule has 0 aliphatic carbocycles. The lowest BCUT2D eigenvalue weighted by Crippen LogP contribution is -2.45. The Bertz CT molecular complexity index is 474. The molecule has 22 heavy (non-hydrogen) atoms. The summed E-state index contributed by atoms with van der Waals surface area (Å²) in [6.45, 7) is 8.47. The number of nitrogens with zero attached hydrogens (tertiary/aromatic N) is 1. The van der Waals surface area contributed by atoms with E-state index in [1.807, 2.05) is 0 Å². The second-order valence-electron chi connectivity index (χ2n) is 7.11. The highest BCUT2D eigenvalue weighted by molar-refractivity contribution is 5.23. The van der Waals surface area contributed by atoms with Crippen LogP contribution >= 0.6 is 0 Å². The van der Waals surface area contributed by atoms with E-state index in [4.69, 9.17) is 4.74 Å². The molecule has 1 aromatic rings. The van der Waals surface area contributed by atoms with Crippen molar-refractivity contribution in [2.45, 2.75) is 70.9 Å². The summed E-state index contributed by atoms with van der Waals surface area (Å²) in [5.74, 6) is 0. The summed E-state index contributed by atoms with van der Waals surface area (Å²) in [4.78, 5) is 2.68. The van der Waals surface area contributed by atoms with E-state index >= 15 is 0 Å². The molecule has 2 aliphatic heterocycles. The van der Waals surface area contributed by atoms with Gasteiger partial charge < -0.3 is 15.0 Å². The van der Waals surface area contributed by atoms with Gasteiger partial charge in [-0.3, -0.25) is 0 Å². The summed E-state index contributed by atoms with van der Waals surface area (Å²) in [6, 6.07) is 10.3. The molecule has 1 aromatic carbocycles. The summed E-state index contributed by atoms with van der Waals surface area (Å²) in [5, 5.41) is 3.78. The van der Waals surface area contributed by atoms with Crippen LogP contribution in [0.3, 0.4) is 0 Å². The molecule has 0 saturated carbocycles. The van der Waals surface area contributed by atoms with E-state index in [-0.39, 0.29) is 0 Å². The molecule has 0 amide bonds. The Labute approximate surface area is 135 Å². The van der Waals surface area contributed by atoms with Gasteiger partial charge in [-0.1, -0.05) is 24.3 Å². The maximum Gasteiger partial charge on any atom is 0.0720 e. The molecule has 2 fully saturated rings. The van der Waals surface area contributed by atoms with Gasteiger partial charge in [0, 0.05) is 18.6 Å². The predicted octanol–water partition coefficient (Wildman–Crippen LogP) is 3.33. The topological polar surface area (TPSA) is 24.5 Å². The first kappa shape index (κ1) is 16.0. The zero-order chi connectivity index (χ0) is 15.4. The summed E-state index contributed by atoms with van der Waals surface area (Å²) in [7, 11) is 0. The molecule has 2 aliphatic rings. The van der Waals surface area contributed by atoms with Crippen LogP contribution in [0.4, 0.5) is 0 Å². The molecule has 0 spiro atoms. The molecule has 2 heterocycles. The molecule has 0 unspecified atom stereocenters. The fraction of sp³-hybridized carbons (Fsp3) is 0.684. The Kier molecular flexibility index (Phi) is 5.51. The number of benzene rings is 1. The van der Waals surface area contributed by atoms with E-state index in [1.54, 1.807) is 0 Å². The zero-order valence-electron chi connectivity index (χ0n) is 14.1. The molecule has 3 nitrogen and oxygen atoms in total. The largest absolute Gasteiger partial charge is 0.374 e. The van der Waals surface area contributed by atoms with Crippen LogP contribution in [0.5, 0.6) is 0 Å². The van der Waals surface area contributed by atoms with Gasteiger partial charge in [-0.25, -0.2) is 0 Å². The van der Waals surface area contributed by atoms with Gasteiger partial charge in [0.05, 0.1) is 12.7 Å². The second kappa shape index (κ2) is 7.58. The van der Waals surface area contributed by atoms with Gasteiger partial charge in [0.25, 0.3) is 0 Å². The van der Waals surface area contributed by atoms with Crippen LogP contribution in [0.2, 0.25) is 0 Å². The molecule has 1 N–H and O–H groups in total. The second-order valence-corrected chi connectivity index (χ2v) is 7.11. The molecule has 2 atom stereocenters. The van der Waals surface area contributed by atoms with Crippen LogP contribution in [0.25, 0.3) is 0 Å². The van der Waals surface area contributed by atoms with Gasteiger partial charge in [-0.15, -0.1) is 0 Å². The third-order valence-corrected chi connectivity index (χ3v) is 4.99. The molecular formula is C19H30N2O. The van der Waals surface area contributed by atoms with Crippen molar-refractivity contribution in [2.24, 2.45) is 0 Å². The van der Waals surface area contributed by atoms with Crippen LogP contribution in [0.1, 0.15) is 50.7 Å². The van der Waals surface area contributed by atoms with Crippen LogP contribution in [0.15, 0.2) is 24.3 Å². The quantitative estimate of drug-likeness (QED) is 0.872. The standard InChI is InChI=1S/C19H30N2O/c1-15(2)22-14-17-6-3-5-16(11-17)13-20-18-8-10-21-9-4-7-19(21)12-18/h3,5-6,11,15,18-20H,4,7-10,12-14H2,1-2H3/t18-,19-/m1/s1. The number of fused-ring (bicyclic) bond motifs is 1. The number of nitrogens with one attached hydrogen (secondary N) is 1. The number of rotatable bonds is 6. The smallest absolute Gasteiger partial charge is 0.0720 e. The first-order chi connectivity index (χ1) is 10.7. The highest BCUT2D eigenvalue weighted by atomic mass is 16.5. The molecule has 3 heteroatoms. The maximum absolute atomic E-state index is 5.70. The Morgan fingerprint density at radius 1 is 1.23 bits per heavy atom. The van der Waals surface area contributed by atoms with Crippen molar-refractivity contribution < 1.29 is 4.74 Å². The SMILES string of the molecule is CC(C)OCc1cccc(CN[C@@H]2CCN3CCC[C@@H]3C2)c1. The summed E-state index contributed by atoms with van der Waals surface area (Å²) >= 11 is 0. The lowest BCUT2D eigenvalue weighted by molar-refractivity contribution is 0.0656. The molecule has 0 radical (unpaired) electrons. The van der Waals surface area contributed by atoms with E-state index in [0.29, 0.717) is 18.8 Å². The van der Waals surface area contributed by atoms with Crippen molar-refractivity contribution in [3.63, 3.8) is 0 Å². The highest BCUT2D eigenvalue weighted by Crippen LogP contribution is 2.27. The number of ether oxygens (including phenoxy) is 1. The predicted molar refractivity (Wildman–Crippen MR) is 90.8 cm³/mol. The van der Waals surface area contributed by atoms with Crippen molar-refractivity contribution in [1.29, 1.82) is 0 Å². The van der Waals surface area contributed by atoms with E-state index in [1.165, 1.54) is 49.9 Å². The van der Waals surface area contributed by atoms with Crippen LogP contribution < -0.4 is 5.32 Å². The lowest BCUT2D eigenvalue weighted by Gasteiger charge is -2.35. The molecule has 3 rings (SSSR count). The number of hydrogen-bond acceptors (Lipinski definition) is 3. The Hall–Kier alpha value is -0.900. The average Bonchev–Trinajstić information content (AvgIpc) is 2.99. The normalized spacial score (nSPS) is 25.6. The van der Waals surface area contributed by atoms with Gasteiger partial charge in [0.1, 0.15) is 0 Å². The van der Waals surface area contributed by atoms with Crippen molar-refractivity contribution in [1.82, 2.24) is 10.2 Å².